The van der Waals surface area contributed by atoms with Crippen molar-refractivity contribution >= 4 is 28.9 Å². The van der Waals surface area contributed by atoms with E-state index in [9.17, 15) is 28.2 Å². The highest BCUT2D eigenvalue weighted by molar-refractivity contribution is 7.15. The van der Waals surface area contributed by atoms with Gasteiger partial charge in [-0.25, -0.2) is 24.7 Å². The van der Waals surface area contributed by atoms with E-state index in [0.717, 1.165) is 22.3 Å². The Balaban J connectivity index is 1.52. The van der Waals surface area contributed by atoms with Crippen LogP contribution in [0.1, 0.15) is 49.7 Å². The molecule has 12 heteroatoms. The van der Waals surface area contributed by atoms with Gasteiger partial charge in [0.25, 0.3) is 0 Å². The number of carboxylic acid groups (broad SMARTS) is 1. The smallest absolute Gasteiger partial charge is 0.433 e. The quantitative estimate of drug-likeness (QED) is 0.461. The van der Waals surface area contributed by atoms with Crippen LogP contribution in [-0.2, 0) is 11.0 Å². The molecule has 0 aliphatic heterocycles. The average molecular weight is 494 g/mol. The number of hydrogen-bond acceptors (Lipinski definition) is 8. The molecule has 0 spiro atoms. The average Bonchev–Trinajstić information content (AvgIpc) is 3.26. The van der Waals surface area contributed by atoms with E-state index in [1.54, 1.807) is 38.2 Å². The molecule has 34 heavy (non-hydrogen) atoms. The number of pyridine rings is 1. The largest absolute Gasteiger partial charge is 0.479 e. The van der Waals surface area contributed by atoms with Crippen molar-refractivity contribution in [1.82, 2.24) is 19.9 Å². The van der Waals surface area contributed by atoms with Gasteiger partial charge in [-0.05, 0) is 31.4 Å². The highest BCUT2D eigenvalue weighted by Crippen LogP contribution is 2.50. The first kappa shape index (κ1) is 24.0. The molecule has 2 atom stereocenters. The van der Waals surface area contributed by atoms with Crippen molar-refractivity contribution < 1.29 is 28.2 Å². The number of aromatic nitrogens is 4. The van der Waals surface area contributed by atoms with Crippen LogP contribution in [0.25, 0.3) is 10.6 Å². The second-order valence-electron chi connectivity index (χ2n) is 8.87. The lowest BCUT2D eigenvalue weighted by atomic mass is 9.62. The zero-order valence-corrected chi connectivity index (χ0v) is 19.1. The molecule has 0 bridgehead atoms. The third-order valence-electron chi connectivity index (χ3n) is 6.17. The van der Waals surface area contributed by atoms with Crippen LogP contribution >= 0.6 is 11.3 Å². The van der Waals surface area contributed by atoms with Crippen LogP contribution < -0.4 is 5.32 Å². The highest BCUT2D eigenvalue weighted by atomic mass is 32.1. The van der Waals surface area contributed by atoms with Crippen LogP contribution in [-0.4, -0.2) is 41.7 Å². The van der Waals surface area contributed by atoms with Crippen molar-refractivity contribution in [1.29, 1.82) is 0 Å². The number of aliphatic carboxylic acids is 1. The Morgan fingerprint density at radius 2 is 1.97 bits per heavy atom. The molecule has 1 aliphatic rings. The van der Waals surface area contributed by atoms with Crippen molar-refractivity contribution in [3.8, 4) is 10.6 Å². The summed E-state index contributed by atoms with van der Waals surface area (Å²) in [5, 5.41) is 23.7. The standard InChI is InChI=1S/C22H22F3N5O3S/c1-20(2)9-12(6-7-21(20,33)19(31)32)18-26-10-14(34-18)13-4-3-5-16(29-13)30-17-8-15(22(23,24)25)27-11-28-17/h3-5,8,10-12,33H,6-7,9H2,1-2H3,(H,31,32)(H,27,28,29,30). The zero-order chi connectivity index (χ0) is 24.7. The van der Waals surface area contributed by atoms with E-state index < -0.39 is 28.9 Å². The van der Waals surface area contributed by atoms with Gasteiger partial charge in [-0.2, -0.15) is 13.2 Å². The second kappa shape index (κ2) is 8.58. The van der Waals surface area contributed by atoms with Crippen LogP contribution in [0.5, 0.6) is 0 Å². The third-order valence-corrected chi connectivity index (χ3v) is 7.36. The van der Waals surface area contributed by atoms with E-state index in [-0.39, 0.29) is 18.2 Å². The number of aliphatic hydroxyl groups is 1. The molecule has 2 unspecified atom stereocenters. The number of thiazole rings is 1. The van der Waals surface area contributed by atoms with Crippen LogP contribution in [0, 0.1) is 5.41 Å². The van der Waals surface area contributed by atoms with Gasteiger partial charge in [0, 0.05) is 23.6 Å². The van der Waals surface area contributed by atoms with Crippen LogP contribution in [0.2, 0.25) is 0 Å². The van der Waals surface area contributed by atoms with Gasteiger partial charge in [0.2, 0.25) is 0 Å². The summed E-state index contributed by atoms with van der Waals surface area (Å²) < 4.78 is 38.7. The van der Waals surface area contributed by atoms with E-state index >= 15 is 0 Å². The minimum atomic E-state index is -4.58. The SMILES string of the molecule is CC1(C)CC(c2ncc(-c3cccc(Nc4cc(C(F)(F)F)ncn4)n3)s2)CCC1(O)C(=O)O. The van der Waals surface area contributed by atoms with Gasteiger partial charge in [0.15, 0.2) is 5.60 Å². The van der Waals surface area contributed by atoms with Crippen molar-refractivity contribution in [3.05, 3.63) is 47.5 Å². The van der Waals surface area contributed by atoms with Crippen LogP contribution in [0.4, 0.5) is 24.8 Å². The first-order valence-corrected chi connectivity index (χ1v) is 11.3. The molecule has 180 valence electrons. The molecule has 0 radical (unpaired) electrons. The minimum absolute atomic E-state index is 0.00325. The Bertz CT molecular complexity index is 1220. The summed E-state index contributed by atoms with van der Waals surface area (Å²) in [6.07, 6.45) is -0.992. The fraction of sp³-hybridized carbons (Fsp3) is 0.409. The number of nitrogens with zero attached hydrogens (tertiary/aromatic N) is 4. The lowest BCUT2D eigenvalue weighted by molar-refractivity contribution is -0.180. The fourth-order valence-corrected chi connectivity index (χ4v) is 5.19. The molecular weight excluding hydrogens is 471 g/mol. The van der Waals surface area contributed by atoms with E-state index in [2.05, 4.69) is 25.3 Å². The van der Waals surface area contributed by atoms with E-state index in [1.807, 2.05) is 0 Å². The molecule has 1 aliphatic carbocycles. The van der Waals surface area contributed by atoms with E-state index in [0.29, 0.717) is 24.4 Å². The number of nitrogens with one attached hydrogen (secondary N) is 1. The van der Waals surface area contributed by atoms with Gasteiger partial charge < -0.3 is 15.5 Å². The summed E-state index contributed by atoms with van der Waals surface area (Å²) in [4.78, 5) is 28.4. The Labute approximate surface area is 197 Å². The van der Waals surface area contributed by atoms with Gasteiger partial charge in [-0.15, -0.1) is 11.3 Å². The molecule has 0 saturated heterocycles. The Morgan fingerprint density at radius 3 is 2.65 bits per heavy atom. The topological polar surface area (TPSA) is 121 Å². The van der Waals surface area contributed by atoms with E-state index in [4.69, 9.17) is 0 Å². The first-order chi connectivity index (χ1) is 15.9. The molecule has 0 aromatic carbocycles. The number of carboxylic acids is 1. The molecule has 3 aromatic rings. The maximum absolute atomic E-state index is 12.9. The number of rotatable bonds is 5. The number of carbonyl (C=O) groups is 1. The van der Waals surface area contributed by atoms with Crippen molar-refractivity contribution in [2.75, 3.05) is 5.32 Å². The molecule has 4 rings (SSSR count). The summed E-state index contributed by atoms with van der Waals surface area (Å²) in [6, 6.07) is 5.89. The molecule has 3 N–H and O–H groups in total. The van der Waals surface area contributed by atoms with E-state index in [1.165, 1.54) is 11.3 Å². The molecule has 0 amide bonds. The van der Waals surface area contributed by atoms with Crippen molar-refractivity contribution in [3.63, 3.8) is 0 Å². The van der Waals surface area contributed by atoms with Gasteiger partial charge >= 0.3 is 12.1 Å². The monoisotopic (exact) mass is 493 g/mol. The molecule has 3 aromatic heterocycles. The maximum atomic E-state index is 12.9. The van der Waals surface area contributed by atoms with Crippen LogP contribution in [0.15, 0.2) is 36.8 Å². The normalized spacial score (nSPS) is 22.4. The number of halogens is 3. The minimum Gasteiger partial charge on any atom is -0.479 e. The predicted molar refractivity (Wildman–Crippen MR) is 119 cm³/mol. The molecule has 1 saturated carbocycles. The van der Waals surface area contributed by atoms with Crippen molar-refractivity contribution in [2.45, 2.75) is 50.8 Å². The van der Waals surface area contributed by atoms with Gasteiger partial charge in [0.1, 0.15) is 23.7 Å². The van der Waals surface area contributed by atoms with Gasteiger partial charge in [-0.3, -0.25) is 0 Å². The third kappa shape index (κ3) is 4.60. The fourth-order valence-electron chi connectivity index (χ4n) is 4.16. The first-order valence-electron chi connectivity index (χ1n) is 10.4. The Morgan fingerprint density at radius 1 is 1.21 bits per heavy atom. The lowest BCUT2D eigenvalue weighted by Crippen LogP contribution is -2.54. The number of anilines is 2. The van der Waals surface area contributed by atoms with Gasteiger partial charge in [-0.1, -0.05) is 19.9 Å². The van der Waals surface area contributed by atoms with Gasteiger partial charge in [0.05, 0.1) is 15.6 Å². The summed E-state index contributed by atoms with van der Waals surface area (Å²) in [5.41, 5.74) is -3.09. The molecule has 3 heterocycles. The number of hydrogen-bond donors (Lipinski definition) is 3. The van der Waals surface area contributed by atoms with Crippen LogP contribution in [0.3, 0.4) is 0 Å². The Hall–Kier alpha value is -3.12. The molecular formula is C22H22F3N5O3S. The summed E-state index contributed by atoms with van der Waals surface area (Å²) >= 11 is 1.42. The molecule has 1 fully saturated rings. The lowest BCUT2D eigenvalue weighted by Gasteiger charge is -2.45. The maximum Gasteiger partial charge on any atom is 0.433 e. The van der Waals surface area contributed by atoms with Crippen molar-refractivity contribution in [2.24, 2.45) is 5.41 Å². The summed E-state index contributed by atoms with van der Waals surface area (Å²) in [5.74, 6) is -0.941. The second-order valence-corrected chi connectivity index (χ2v) is 9.93. The summed E-state index contributed by atoms with van der Waals surface area (Å²) in [7, 11) is 0. The zero-order valence-electron chi connectivity index (χ0n) is 18.3. The predicted octanol–water partition coefficient (Wildman–Crippen LogP) is 4.87. The highest BCUT2D eigenvalue weighted by Gasteiger charge is 2.54. The number of alkyl halides is 3. The Kier molecular flexibility index (Phi) is 6.06. The molecule has 8 nitrogen and oxygen atoms in total. The summed E-state index contributed by atoms with van der Waals surface area (Å²) in [6.45, 7) is 3.49.